The summed E-state index contributed by atoms with van der Waals surface area (Å²) in [6.07, 6.45) is 5.40. The van der Waals surface area contributed by atoms with Gasteiger partial charge in [0.1, 0.15) is 0 Å². The van der Waals surface area contributed by atoms with Gasteiger partial charge in [0.25, 0.3) is 0 Å². The van der Waals surface area contributed by atoms with Crippen LogP contribution in [-0.2, 0) is 14.3 Å². The molecule has 0 radical (unpaired) electrons. The molecule has 6 heteroatoms. The number of amides is 2. The Kier molecular flexibility index (Phi) is 6.26. The van der Waals surface area contributed by atoms with Crippen LogP contribution in [0.1, 0.15) is 49.4 Å². The van der Waals surface area contributed by atoms with E-state index in [1.54, 1.807) is 16.2 Å². The van der Waals surface area contributed by atoms with Crippen LogP contribution < -0.4 is 5.32 Å². The minimum absolute atomic E-state index is 0.0121. The quantitative estimate of drug-likeness (QED) is 0.858. The molecule has 1 aromatic heterocycles. The van der Waals surface area contributed by atoms with Gasteiger partial charge in [0.15, 0.2) is 0 Å². The monoisotopic (exact) mass is 350 g/mol. The summed E-state index contributed by atoms with van der Waals surface area (Å²) < 4.78 is 5.25. The van der Waals surface area contributed by atoms with E-state index in [9.17, 15) is 9.59 Å². The van der Waals surface area contributed by atoms with Crippen molar-refractivity contribution in [2.75, 3.05) is 26.3 Å². The third kappa shape index (κ3) is 4.57. The zero-order valence-electron chi connectivity index (χ0n) is 14.0. The van der Waals surface area contributed by atoms with Crippen molar-refractivity contribution in [3.63, 3.8) is 0 Å². The van der Waals surface area contributed by atoms with Crippen LogP contribution in [0.3, 0.4) is 0 Å². The number of rotatable bonds is 6. The summed E-state index contributed by atoms with van der Waals surface area (Å²) in [7, 11) is 0. The predicted octanol–water partition coefficient (Wildman–Crippen LogP) is 2.73. The fraction of sp³-hybridized carbons (Fsp3) is 0.667. The first-order valence-electron chi connectivity index (χ1n) is 8.92. The van der Waals surface area contributed by atoms with Crippen LogP contribution in [0.25, 0.3) is 0 Å². The molecule has 24 heavy (non-hydrogen) atoms. The Hall–Kier alpha value is -1.40. The molecule has 0 aromatic carbocycles. The lowest BCUT2D eigenvalue weighted by molar-refractivity contribution is -0.137. The van der Waals surface area contributed by atoms with Crippen molar-refractivity contribution in [2.45, 2.75) is 44.6 Å². The zero-order chi connectivity index (χ0) is 16.8. The van der Waals surface area contributed by atoms with Crippen molar-refractivity contribution >= 4 is 23.2 Å². The first kappa shape index (κ1) is 17.4. The molecular weight excluding hydrogens is 324 g/mol. The Morgan fingerprint density at radius 1 is 1.25 bits per heavy atom. The summed E-state index contributed by atoms with van der Waals surface area (Å²) in [5.41, 5.74) is 0. The lowest BCUT2D eigenvalue weighted by Crippen LogP contribution is -2.41. The van der Waals surface area contributed by atoms with Gasteiger partial charge in [0.05, 0.1) is 19.3 Å². The van der Waals surface area contributed by atoms with Crippen molar-refractivity contribution in [2.24, 2.45) is 5.92 Å². The largest absolute Gasteiger partial charge is 0.378 e. The van der Waals surface area contributed by atoms with E-state index in [1.165, 1.54) is 30.6 Å². The summed E-state index contributed by atoms with van der Waals surface area (Å²) >= 11 is 1.70. The molecule has 1 N–H and O–H groups in total. The van der Waals surface area contributed by atoms with Crippen LogP contribution >= 0.6 is 11.3 Å². The van der Waals surface area contributed by atoms with E-state index in [0.29, 0.717) is 32.2 Å². The summed E-state index contributed by atoms with van der Waals surface area (Å²) in [5.74, 6) is 0.575. The Morgan fingerprint density at radius 3 is 2.67 bits per heavy atom. The van der Waals surface area contributed by atoms with Gasteiger partial charge in [0, 0.05) is 30.8 Å². The topological polar surface area (TPSA) is 58.6 Å². The molecule has 1 aromatic rings. The number of ether oxygens (including phenoxy) is 1. The highest BCUT2D eigenvalue weighted by atomic mass is 32.1. The van der Waals surface area contributed by atoms with Crippen molar-refractivity contribution in [3.8, 4) is 0 Å². The SMILES string of the molecule is O=C(CCC(=O)N1CCOCC1)N[C@@H](c1cccs1)C1CCCC1. The van der Waals surface area contributed by atoms with E-state index >= 15 is 0 Å². The average Bonchev–Trinajstić information content (AvgIpc) is 3.32. The normalized spacial score (nSPS) is 20.1. The highest BCUT2D eigenvalue weighted by Crippen LogP contribution is 2.37. The maximum atomic E-state index is 12.4. The van der Waals surface area contributed by atoms with Crippen LogP contribution in [0, 0.1) is 5.92 Å². The van der Waals surface area contributed by atoms with Crippen LogP contribution in [0.4, 0.5) is 0 Å². The van der Waals surface area contributed by atoms with Gasteiger partial charge in [-0.3, -0.25) is 9.59 Å². The molecule has 0 bridgehead atoms. The molecule has 2 heterocycles. The molecule has 2 amide bonds. The van der Waals surface area contributed by atoms with Gasteiger partial charge >= 0.3 is 0 Å². The number of nitrogens with zero attached hydrogens (tertiary/aromatic N) is 1. The minimum atomic E-state index is -0.0121. The molecule has 132 valence electrons. The fourth-order valence-electron chi connectivity index (χ4n) is 3.62. The number of thiophene rings is 1. The second-order valence-corrected chi connectivity index (χ2v) is 7.58. The van der Waals surface area contributed by atoms with Crippen LogP contribution in [0.5, 0.6) is 0 Å². The number of morpholine rings is 1. The molecule has 1 saturated carbocycles. The third-order valence-corrected chi connectivity index (χ3v) is 5.92. The van der Waals surface area contributed by atoms with Gasteiger partial charge in [-0.2, -0.15) is 0 Å². The Morgan fingerprint density at radius 2 is 2.00 bits per heavy atom. The number of nitrogens with one attached hydrogen (secondary N) is 1. The van der Waals surface area contributed by atoms with E-state index in [4.69, 9.17) is 4.74 Å². The second kappa shape index (κ2) is 8.62. The van der Waals surface area contributed by atoms with Gasteiger partial charge in [-0.15, -0.1) is 11.3 Å². The fourth-order valence-corrected chi connectivity index (χ4v) is 4.49. The van der Waals surface area contributed by atoms with Gasteiger partial charge < -0.3 is 15.0 Å². The highest BCUT2D eigenvalue weighted by Gasteiger charge is 2.28. The molecular formula is C18H26N2O3S. The van der Waals surface area contributed by atoms with Crippen LogP contribution in [0.2, 0.25) is 0 Å². The van der Waals surface area contributed by atoms with Crippen molar-refractivity contribution in [3.05, 3.63) is 22.4 Å². The first-order valence-corrected chi connectivity index (χ1v) is 9.80. The Balaban J connectivity index is 1.50. The Labute approximate surface area is 147 Å². The smallest absolute Gasteiger partial charge is 0.223 e. The van der Waals surface area contributed by atoms with Crippen molar-refractivity contribution in [1.29, 1.82) is 0 Å². The molecule has 3 rings (SSSR count). The molecule has 1 aliphatic carbocycles. The van der Waals surface area contributed by atoms with Gasteiger partial charge in [-0.25, -0.2) is 0 Å². The second-order valence-electron chi connectivity index (χ2n) is 6.60. The standard InChI is InChI=1S/C18H26N2O3S/c21-16(7-8-17(22)20-9-11-23-12-10-20)19-18(14-4-1-2-5-14)15-6-3-13-24-15/h3,6,13-14,18H,1-2,4-5,7-12H2,(H,19,21)/t18-/m1/s1. The summed E-state index contributed by atoms with van der Waals surface area (Å²) in [5, 5.41) is 5.26. The lowest BCUT2D eigenvalue weighted by Gasteiger charge is -2.27. The van der Waals surface area contributed by atoms with E-state index in [0.717, 1.165) is 0 Å². The summed E-state index contributed by atoms with van der Waals surface area (Å²) in [4.78, 5) is 27.6. The molecule has 1 saturated heterocycles. The van der Waals surface area contributed by atoms with E-state index in [2.05, 4.69) is 16.8 Å². The molecule has 1 aliphatic heterocycles. The molecule has 0 unspecified atom stereocenters. The molecule has 2 aliphatic rings. The summed E-state index contributed by atoms with van der Waals surface area (Å²) in [6, 6.07) is 4.25. The number of carbonyl (C=O) groups is 2. The number of carbonyl (C=O) groups excluding carboxylic acids is 2. The van der Waals surface area contributed by atoms with E-state index < -0.39 is 0 Å². The summed E-state index contributed by atoms with van der Waals surface area (Å²) in [6.45, 7) is 2.47. The molecule has 2 fully saturated rings. The molecule has 5 nitrogen and oxygen atoms in total. The van der Waals surface area contributed by atoms with E-state index in [-0.39, 0.29) is 30.7 Å². The maximum absolute atomic E-state index is 12.4. The van der Waals surface area contributed by atoms with Gasteiger partial charge in [-0.05, 0) is 30.2 Å². The van der Waals surface area contributed by atoms with Crippen molar-refractivity contribution < 1.29 is 14.3 Å². The first-order chi connectivity index (χ1) is 11.7. The zero-order valence-corrected chi connectivity index (χ0v) is 14.9. The maximum Gasteiger partial charge on any atom is 0.223 e. The number of hydrogen-bond acceptors (Lipinski definition) is 4. The average molecular weight is 350 g/mol. The highest BCUT2D eigenvalue weighted by molar-refractivity contribution is 7.10. The van der Waals surface area contributed by atoms with E-state index in [1.807, 2.05) is 6.07 Å². The van der Waals surface area contributed by atoms with Crippen LogP contribution in [-0.4, -0.2) is 43.0 Å². The Bertz CT molecular complexity index is 534. The van der Waals surface area contributed by atoms with Crippen molar-refractivity contribution in [1.82, 2.24) is 10.2 Å². The molecule has 0 spiro atoms. The number of hydrogen-bond donors (Lipinski definition) is 1. The third-order valence-electron chi connectivity index (χ3n) is 4.97. The predicted molar refractivity (Wildman–Crippen MR) is 93.8 cm³/mol. The van der Waals surface area contributed by atoms with Crippen LogP contribution in [0.15, 0.2) is 17.5 Å². The lowest BCUT2D eigenvalue weighted by atomic mass is 9.96. The van der Waals surface area contributed by atoms with Gasteiger partial charge in [0.2, 0.25) is 11.8 Å². The molecule has 1 atom stereocenters. The minimum Gasteiger partial charge on any atom is -0.378 e. The van der Waals surface area contributed by atoms with Gasteiger partial charge in [-0.1, -0.05) is 18.9 Å².